The third-order valence-electron chi connectivity index (χ3n) is 13.7. The largest absolute Gasteiger partial charge is 0.495 e. The van der Waals surface area contributed by atoms with Crippen LogP contribution in [0.3, 0.4) is 0 Å². The number of carboxylic acid groups (broad SMARTS) is 1. The van der Waals surface area contributed by atoms with E-state index in [2.05, 4.69) is 27.0 Å². The summed E-state index contributed by atoms with van der Waals surface area (Å²) in [6.07, 6.45) is 4.85. The molecular formula is C55H61N9O9. The number of aromatic amines is 1. The predicted molar refractivity (Wildman–Crippen MR) is 277 cm³/mol. The maximum Gasteiger partial charge on any atom is 0.410 e. The van der Waals surface area contributed by atoms with E-state index < -0.39 is 35.5 Å². The number of anilines is 2. The van der Waals surface area contributed by atoms with Crippen LogP contribution >= 0.6 is 0 Å². The Morgan fingerprint density at radius 3 is 2.37 bits per heavy atom. The average molecular weight is 992 g/mol. The van der Waals surface area contributed by atoms with Crippen molar-refractivity contribution in [2.45, 2.75) is 82.6 Å². The lowest BCUT2D eigenvalue weighted by Crippen LogP contribution is -2.50. The van der Waals surface area contributed by atoms with Crippen LogP contribution in [0.25, 0.3) is 32.9 Å². The highest BCUT2D eigenvalue weighted by atomic mass is 16.6. The molecule has 2 atom stereocenters. The van der Waals surface area contributed by atoms with Gasteiger partial charge in [-0.25, -0.2) is 24.4 Å². The normalized spacial score (nSPS) is 16.6. The minimum Gasteiger partial charge on any atom is -0.495 e. The standard InChI is InChI=1S/C55H61N9O9/c1-54(2,3)73-53(70)61(5)32-38(62(6)52(68)69)31-55(72-39-17-18-39,37-11-9-8-10-12-37)48-41-30-36(42-33-60(4)49(66)47-40(42)21-25-56-47)16-19-43(41)57-50(59-48)63-26-22-34(23-27-63)13-14-35-15-20-45(71-7)44(29-35)64-28-24-46(65)58-51(64)67/h8-12,15-16,19-21,25,29-30,33-34,38-39,56H,17-18,22-24,26-28,31-32H2,1-7H3,(H,68,69)(H,58,65,67). The molecule has 1 aliphatic carbocycles. The Morgan fingerprint density at radius 1 is 0.932 bits per heavy atom. The van der Waals surface area contributed by atoms with Crippen molar-refractivity contribution >= 4 is 57.6 Å². The van der Waals surface area contributed by atoms with E-state index in [4.69, 9.17) is 24.2 Å². The van der Waals surface area contributed by atoms with Crippen molar-refractivity contribution < 1.29 is 38.5 Å². The highest BCUT2D eigenvalue weighted by Crippen LogP contribution is 2.47. The maximum absolute atomic E-state index is 13.5. The number of benzene rings is 3. The number of carbonyl (C=O) groups excluding carboxylic acids is 3. The number of hydrogen-bond acceptors (Lipinski definition) is 11. The molecule has 6 aromatic rings. The number of amides is 5. The van der Waals surface area contributed by atoms with Crippen LogP contribution in [-0.2, 0) is 26.9 Å². The van der Waals surface area contributed by atoms with Gasteiger partial charge in [0.1, 0.15) is 22.5 Å². The lowest BCUT2D eigenvalue weighted by molar-refractivity contribution is -0.120. The summed E-state index contributed by atoms with van der Waals surface area (Å²) in [5.41, 5.74) is 2.93. The van der Waals surface area contributed by atoms with Crippen molar-refractivity contribution in [1.82, 2.24) is 34.6 Å². The van der Waals surface area contributed by atoms with Crippen molar-refractivity contribution in [2.24, 2.45) is 13.0 Å². The van der Waals surface area contributed by atoms with Gasteiger partial charge in [0.2, 0.25) is 11.9 Å². The number of imide groups is 1. The molecule has 5 amide bonds. The molecule has 73 heavy (non-hydrogen) atoms. The molecule has 1 saturated carbocycles. The summed E-state index contributed by atoms with van der Waals surface area (Å²) in [5, 5.41) is 14.5. The number of aromatic nitrogens is 4. The van der Waals surface area contributed by atoms with Crippen LogP contribution < -0.4 is 25.4 Å². The lowest BCUT2D eigenvalue weighted by Gasteiger charge is -2.41. The van der Waals surface area contributed by atoms with E-state index in [-0.39, 0.29) is 49.4 Å². The van der Waals surface area contributed by atoms with Crippen LogP contribution in [0.1, 0.15) is 76.1 Å². The second-order valence-electron chi connectivity index (χ2n) is 20.1. The fourth-order valence-electron chi connectivity index (χ4n) is 9.66. The molecule has 2 aliphatic heterocycles. The van der Waals surface area contributed by atoms with E-state index in [1.165, 1.54) is 28.9 Å². The van der Waals surface area contributed by atoms with E-state index in [9.17, 15) is 29.1 Å². The molecule has 18 heteroatoms. The summed E-state index contributed by atoms with van der Waals surface area (Å²) in [6, 6.07) is 21.7. The molecule has 18 nitrogen and oxygen atoms in total. The Kier molecular flexibility index (Phi) is 13.9. The van der Waals surface area contributed by atoms with Gasteiger partial charge in [-0.2, -0.15) is 0 Å². The number of ether oxygens (including phenoxy) is 3. The van der Waals surface area contributed by atoms with Gasteiger partial charge in [-0.3, -0.25) is 19.8 Å². The Hall–Kier alpha value is -7.91. The first-order valence-corrected chi connectivity index (χ1v) is 24.6. The van der Waals surface area contributed by atoms with Crippen molar-refractivity contribution in [3.05, 3.63) is 112 Å². The number of likely N-dealkylation sites (N-methyl/N-ethyl adjacent to an activating group) is 2. The zero-order valence-corrected chi connectivity index (χ0v) is 42.2. The number of aryl methyl sites for hydroxylation is 1. The number of pyridine rings is 1. The number of H-pyrrole nitrogens is 1. The molecule has 0 bridgehead atoms. The van der Waals surface area contributed by atoms with Gasteiger partial charge in [-0.05, 0) is 94.0 Å². The van der Waals surface area contributed by atoms with Crippen LogP contribution in [0.4, 0.5) is 26.0 Å². The average Bonchev–Trinajstić information content (AvgIpc) is 4.05. The molecule has 2 saturated heterocycles. The minimum absolute atomic E-state index is 0.0219. The van der Waals surface area contributed by atoms with Crippen molar-refractivity contribution in [1.29, 1.82) is 0 Å². The molecule has 3 aromatic heterocycles. The first-order valence-electron chi connectivity index (χ1n) is 24.6. The molecule has 380 valence electrons. The summed E-state index contributed by atoms with van der Waals surface area (Å²) >= 11 is 0. The van der Waals surface area contributed by atoms with Crippen LogP contribution in [0.5, 0.6) is 5.75 Å². The van der Waals surface area contributed by atoms with E-state index in [1.54, 1.807) is 51.7 Å². The third kappa shape index (κ3) is 10.7. The number of rotatable bonds is 13. The molecule has 5 heterocycles. The SMILES string of the molecule is COc1ccc(C#CC2CCN(c3nc(C(CC(CN(C)C(=O)OC(C)(C)C)N(C)C(=O)O)(OC4CC4)c4ccccc4)c4cc(-c5cn(C)c(=O)c6[nH]ccc56)ccc4n3)CC2)cc1N1CCC(=O)NC1=O. The van der Waals surface area contributed by atoms with E-state index in [0.717, 1.165) is 34.9 Å². The highest BCUT2D eigenvalue weighted by molar-refractivity contribution is 6.06. The summed E-state index contributed by atoms with van der Waals surface area (Å²) in [7, 11) is 6.36. The zero-order valence-electron chi connectivity index (χ0n) is 42.2. The van der Waals surface area contributed by atoms with Gasteiger partial charge in [0, 0.05) is 100 Å². The lowest BCUT2D eigenvalue weighted by atomic mass is 9.81. The molecule has 9 rings (SSSR count). The zero-order chi connectivity index (χ0) is 51.8. The van der Waals surface area contributed by atoms with Crippen LogP contribution in [-0.4, -0.2) is 124 Å². The Balaban J connectivity index is 1.14. The number of nitrogens with zero attached hydrogens (tertiary/aromatic N) is 7. The third-order valence-corrected chi connectivity index (χ3v) is 13.7. The molecule has 3 N–H and O–H groups in total. The summed E-state index contributed by atoms with van der Waals surface area (Å²) in [5.74, 6) is 7.47. The highest BCUT2D eigenvalue weighted by Gasteiger charge is 2.47. The van der Waals surface area contributed by atoms with Crippen LogP contribution in [0, 0.1) is 17.8 Å². The molecule has 3 fully saturated rings. The Bertz CT molecular complexity index is 3220. The van der Waals surface area contributed by atoms with Crippen LogP contribution in [0.15, 0.2) is 90.0 Å². The number of carbonyl (C=O) groups is 4. The maximum atomic E-state index is 13.5. The van der Waals surface area contributed by atoms with Gasteiger partial charge in [0.25, 0.3) is 5.56 Å². The minimum atomic E-state index is -1.39. The van der Waals surface area contributed by atoms with Crippen molar-refractivity contribution in [2.75, 3.05) is 57.2 Å². The topological polar surface area (TPSA) is 205 Å². The second kappa shape index (κ2) is 20.3. The first kappa shape index (κ1) is 50.0. The van der Waals surface area contributed by atoms with E-state index >= 15 is 0 Å². The first-order chi connectivity index (χ1) is 34.9. The summed E-state index contributed by atoms with van der Waals surface area (Å²) < 4.78 is 20.2. The molecule has 0 spiro atoms. The smallest absolute Gasteiger partial charge is 0.410 e. The van der Waals surface area contributed by atoms with E-state index in [1.807, 2.05) is 72.9 Å². The number of urea groups is 1. The number of fused-ring (bicyclic) bond motifs is 2. The van der Waals surface area contributed by atoms with Gasteiger partial charge >= 0.3 is 18.2 Å². The molecular weight excluding hydrogens is 931 g/mol. The van der Waals surface area contributed by atoms with Gasteiger partial charge < -0.3 is 43.6 Å². The molecule has 3 aliphatic rings. The predicted octanol–water partition coefficient (Wildman–Crippen LogP) is 7.86. The van der Waals surface area contributed by atoms with Gasteiger partial charge in [0.05, 0.1) is 36.2 Å². The molecule has 3 aromatic carbocycles. The van der Waals surface area contributed by atoms with Crippen LogP contribution in [0.2, 0.25) is 0 Å². The number of piperidine rings is 1. The van der Waals surface area contributed by atoms with Crippen molar-refractivity contribution in [3.63, 3.8) is 0 Å². The van der Waals surface area contributed by atoms with Gasteiger partial charge in [-0.15, -0.1) is 0 Å². The quantitative estimate of drug-likeness (QED) is 0.0947. The number of methoxy groups -OCH3 is 1. The fraction of sp³-hybridized carbons (Fsp3) is 0.400. The van der Waals surface area contributed by atoms with E-state index in [0.29, 0.717) is 71.0 Å². The molecule has 0 radical (unpaired) electrons. The van der Waals surface area contributed by atoms with Gasteiger partial charge in [-0.1, -0.05) is 48.2 Å². The summed E-state index contributed by atoms with van der Waals surface area (Å²) in [4.78, 5) is 84.6. The second-order valence-corrected chi connectivity index (χ2v) is 20.1. The monoisotopic (exact) mass is 991 g/mol. The number of nitrogens with one attached hydrogen (secondary N) is 2. The Labute approximate surface area is 423 Å². The summed E-state index contributed by atoms with van der Waals surface area (Å²) in [6.45, 7) is 6.71. The van der Waals surface area contributed by atoms with Gasteiger partial charge in [0.15, 0.2) is 0 Å². The van der Waals surface area contributed by atoms with Crippen molar-refractivity contribution in [3.8, 4) is 28.7 Å². The number of hydrogen-bond donors (Lipinski definition) is 3. The fourth-order valence-corrected chi connectivity index (χ4v) is 9.66. The Morgan fingerprint density at radius 2 is 1.68 bits per heavy atom. The molecule has 2 unspecified atom stereocenters.